The quantitative estimate of drug-likeness (QED) is 0.834. The first-order chi connectivity index (χ1) is 10.1. The van der Waals surface area contributed by atoms with E-state index in [-0.39, 0.29) is 23.5 Å². The number of carbonyl (C=O) groups is 1. The van der Waals surface area contributed by atoms with E-state index in [0.717, 1.165) is 19.3 Å². The molecule has 116 valence electrons. The molecule has 0 spiro atoms. The molecule has 1 aliphatic heterocycles. The molecule has 1 aliphatic rings. The summed E-state index contributed by atoms with van der Waals surface area (Å²) in [5.41, 5.74) is -0.0448. The molecule has 6 nitrogen and oxygen atoms in total. The molecule has 0 saturated carbocycles. The van der Waals surface area contributed by atoms with Crippen LogP contribution in [-0.2, 0) is 4.74 Å². The first-order valence-corrected chi connectivity index (χ1v) is 7.18. The minimum absolute atomic E-state index is 0.0474. The molecular weight excluding hydrogens is 272 g/mol. The van der Waals surface area contributed by atoms with Gasteiger partial charge in [0.25, 0.3) is 5.91 Å². The molecule has 21 heavy (non-hydrogen) atoms. The lowest BCUT2D eigenvalue weighted by Gasteiger charge is -2.41. The third kappa shape index (κ3) is 3.71. The van der Waals surface area contributed by atoms with Crippen molar-refractivity contribution in [2.75, 3.05) is 33.4 Å². The number of aliphatic hydroxyl groups excluding tert-OH is 1. The van der Waals surface area contributed by atoms with Gasteiger partial charge in [-0.05, 0) is 25.3 Å². The monoisotopic (exact) mass is 294 g/mol. The molecule has 0 bridgehead atoms. The Bertz CT molecular complexity index is 522. The molecule has 6 heteroatoms. The van der Waals surface area contributed by atoms with Crippen molar-refractivity contribution in [3.63, 3.8) is 0 Å². The van der Waals surface area contributed by atoms with Crippen molar-refractivity contribution in [3.8, 4) is 0 Å². The van der Waals surface area contributed by atoms with Gasteiger partial charge in [0.1, 0.15) is 0 Å². The Kier molecular flexibility index (Phi) is 5.14. The largest absolute Gasteiger partial charge is 0.396 e. The third-order valence-corrected chi connectivity index (χ3v) is 4.15. The van der Waals surface area contributed by atoms with Gasteiger partial charge >= 0.3 is 0 Å². The maximum atomic E-state index is 12.5. The first kappa shape index (κ1) is 15.7. The Morgan fingerprint density at radius 3 is 2.95 bits per heavy atom. The molecule has 2 heterocycles. The number of hydrogen-bond acceptors (Lipinski definition) is 4. The zero-order chi connectivity index (χ0) is 15.3. The van der Waals surface area contributed by atoms with Crippen molar-refractivity contribution in [1.29, 1.82) is 0 Å². The van der Waals surface area contributed by atoms with Gasteiger partial charge in [-0.25, -0.2) is 0 Å². The summed E-state index contributed by atoms with van der Waals surface area (Å²) < 4.78 is 5.11. The van der Waals surface area contributed by atoms with Gasteiger partial charge in [0.15, 0.2) is 0 Å². The van der Waals surface area contributed by atoms with E-state index in [4.69, 9.17) is 4.74 Å². The molecule has 1 amide bonds. The van der Waals surface area contributed by atoms with Gasteiger partial charge in [-0.1, -0.05) is 0 Å². The molecule has 1 aromatic rings. The van der Waals surface area contributed by atoms with Crippen LogP contribution >= 0.6 is 0 Å². The molecule has 1 aromatic heterocycles. The van der Waals surface area contributed by atoms with Gasteiger partial charge in [-0.2, -0.15) is 0 Å². The predicted molar refractivity (Wildman–Crippen MR) is 78.2 cm³/mol. The number of aromatic amines is 1. The number of amides is 1. The number of likely N-dealkylation sites (tertiary alicyclic amines) is 1. The number of aliphatic hydroxyl groups is 1. The van der Waals surface area contributed by atoms with E-state index in [0.29, 0.717) is 25.3 Å². The van der Waals surface area contributed by atoms with Crippen LogP contribution in [0.3, 0.4) is 0 Å². The predicted octanol–water partition coefficient (Wildman–Crippen LogP) is 0.626. The number of methoxy groups -OCH3 is 1. The Morgan fingerprint density at radius 2 is 2.33 bits per heavy atom. The average molecular weight is 294 g/mol. The standard InChI is InChI=1S/C15H22N2O4/c1-21-8-6-15(11-18)5-2-7-17(10-15)14(20)12-3-4-13(19)16-9-12/h3-4,9,18H,2,5-8,10-11H2,1H3,(H,16,19). The van der Waals surface area contributed by atoms with E-state index in [9.17, 15) is 14.7 Å². The fraction of sp³-hybridized carbons (Fsp3) is 0.600. The maximum absolute atomic E-state index is 12.5. The Hall–Kier alpha value is -1.66. The summed E-state index contributed by atoms with van der Waals surface area (Å²) in [6.45, 7) is 1.81. The van der Waals surface area contributed by atoms with Crippen LogP contribution in [0.15, 0.2) is 23.1 Å². The van der Waals surface area contributed by atoms with Crippen molar-refractivity contribution in [3.05, 3.63) is 34.2 Å². The number of ether oxygens (including phenoxy) is 1. The van der Waals surface area contributed by atoms with Gasteiger partial charge in [0.2, 0.25) is 5.56 Å². The van der Waals surface area contributed by atoms with Crippen LogP contribution in [0.4, 0.5) is 0 Å². The summed E-state index contributed by atoms with van der Waals surface area (Å²) >= 11 is 0. The van der Waals surface area contributed by atoms with Crippen LogP contribution in [0.25, 0.3) is 0 Å². The van der Waals surface area contributed by atoms with Crippen LogP contribution in [0.5, 0.6) is 0 Å². The van der Waals surface area contributed by atoms with Crippen molar-refractivity contribution in [2.45, 2.75) is 19.3 Å². The lowest BCUT2D eigenvalue weighted by atomic mass is 9.78. The first-order valence-electron chi connectivity index (χ1n) is 7.18. The van der Waals surface area contributed by atoms with Crippen LogP contribution in [-0.4, -0.2) is 54.3 Å². The molecule has 0 aliphatic carbocycles. The molecular formula is C15H22N2O4. The van der Waals surface area contributed by atoms with E-state index in [1.54, 1.807) is 12.0 Å². The van der Waals surface area contributed by atoms with Gasteiger partial charge in [-0.3, -0.25) is 9.59 Å². The number of pyridine rings is 1. The van der Waals surface area contributed by atoms with E-state index < -0.39 is 0 Å². The van der Waals surface area contributed by atoms with Crippen molar-refractivity contribution in [1.82, 2.24) is 9.88 Å². The number of rotatable bonds is 5. The second-order valence-electron chi connectivity index (χ2n) is 5.67. The number of nitrogens with one attached hydrogen (secondary N) is 1. The minimum atomic E-state index is -0.286. The van der Waals surface area contributed by atoms with E-state index in [1.165, 1.54) is 18.3 Å². The van der Waals surface area contributed by atoms with Gasteiger partial charge in [0, 0.05) is 44.5 Å². The summed E-state index contributed by atoms with van der Waals surface area (Å²) in [6, 6.07) is 2.88. The zero-order valence-corrected chi connectivity index (χ0v) is 12.3. The molecule has 1 unspecified atom stereocenters. The Balaban J connectivity index is 2.10. The molecule has 2 rings (SSSR count). The van der Waals surface area contributed by atoms with Crippen LogP contribution < -0.4 is 5.56 Å². The number of hydrogen-bond donors (Lipinski definition) is 2. The van der Waals surface area contributed by atoms with Crippen LogP contribution in [0, 0.1) is 5.41 Å². The Morgan fingerprint density at radius 1 is 1.52 bits per heavy atom. The number of H-pyrrole nitrogens is 1. The highest BCUT2D eigenvalue weighted by atomic mass is 16.5. The van der Waals surface area contributed by atoms with Gasteiger partial charge < -0.3 is 19.7 Å². The second-order valence-corrected chi connectivity index (χ2v) is 5.67. The fourth-order valence-electron chi connectivity index (χ4n) is 2.84. The summed E-state index contributed by atoms with van der Waals surface area (Å²) in [6.07, 6.45) is 3.92. The summed E-state index contributed by atoms with van der Waals surface area (Å²) in [5, 5.41) is 9.73. The average Bonchev–Trinajstić information content (AvgIpc) is 2.53. The zero-order valence-electron chi connectivity index (χ0n) is 12.3. The summed E-state index contributed by atoms with van der Waals surface area (Å²) in [5.74, 6) is -0.110. The third-order valence-electron chi connectivity index (χ3n) is 4.15. The summed E-state index contributed by atoms with van der Waals surface area (Å²) in [7, 11) is 1.64. The number of carbonyl (C=O) groups excluding carboxylic acids is 1. The second kappa shape index (κ2) is 6.87. The van der Waals surface area contributed by atoms with E-state index in [2.05, 4.69) is 4.98 Å². The highest BCUT2D eigenvalue weighted by molar-refractivity contribution is 5.93. The van der Waals surface area contributed by atoms with Gasteiger partial charge in [0.05, 0.1) is 12.2 Å². The highest BCUT2D eigenvalue weighted by Gasteiger charge is 2.36. The van der Waals surface area contributed by atoms with Crippen LogP contribution in [0.2, 0.25) is 0 Å². The highest BCUT2D eigenvalue weighted by Crippen LogP contribution is 2.33. The van der Waals surface area contributed by atoms with Gasteiger partial charge in [-0.15, -0.1) is 0 Å². The number of piperidine rings is 1. The van der Waals surface area contributed by atoms with E-state index in [1.807, 2.05) is 0 Å². The lowest BCUT2D eigenvalue weighted by molar-refractivity contribution is 0.00896. The molecule has 0 radical (unpaired) electrons. The molecule has 0 aromatic carbocycles. The van der Waals surface area contributed by atoms with Crippen molar-refractivity contribution in [2.24, 2.45) is 5.41 Å². The fourth-order valence-corrected chi connectivity index (χ4v) is 2.84. The minimum Gasteiger partial charge on any atom is -0.396 e. The van der Waals surface area contributed by atoms with Crippen molar-refractivity contribution < 1.29 is 14.6 Å². The summed E-state index contributed by atoms with van der Waals surface area (Å²) in [4.78, 5) is 27.8. The molecule has 2 N–H and O–H groups in total. The van der Waals surface area contributed by atoms with Crippen molar-refractivity contribution >= 4 is 5.91 Å². The lowest BCUT2D eigenvalue weighted by Crippen LogP contribution is -2.48. The Labute approximate surface area is 123 Å². The number of aromatic nitrogens is 1. The number of nitrogens with zero attached hydrogens (tertiary/aromatic N) is 1. The van der Waals surface area contributed by atoms with E-state index >= 15 is 0 Å². The molecule has 1 saturated heterocycles. The molecule has 1 atom stereocenters. The SMILES string of the molecule is COCCC1(CO)CCCN(C(=O)c2ccc(=O)[nH]c2)C1. The molecule has 1 fully saturated rings. The topological polar surface area (TPSA) is 82.6 Å². The van der Waals surface area contributed by atoms with Crippen LogP contribution in [0.1, 0.15) is 29.6 Å². The maximum Gasteiger partial charge on any atom is 0.255 e. The smallest absolute Gasteiger partial charge is 0.255 e. The normalized spacial score (nSPS) is 22.3.